The molecule has 40 heavy (non-hydrogen) atoms. The van der Waals surface area contributed by atoms with E-state index in [0.29, 0.717) is 12.2 Å². The average Bonchev–Trinajstić information content (AvgIpc) is 3.61. The topological polar surface area (TPSA) is 124 Å². The highest BCUT2D eigenvalue weighted by molar-refractivity contribution is 6.62. The Balaban J connectivity index is 1.58. The highest BCUT2D eigenvalue weighted by atomic mass is 16.7. The maximum atomic E-state index is 13.8. The number of carbonyl (C=O) groups excluding carboxylic acids is 2. The number of methoxy groups -OCH3 is 3. The number of amides is 2. The summed E-state index contributed by atoms with van der Waals surface area (Å²) in [5.41, 5.74) is 1.81. The molecule has 0 aliphatic carbocycles. The van der Waals surface area contributed by atoms with Crippen LogP contribution >= 0.6 is 0 Å². The third-order valence-corrected chi connectivity index (χ3v) is 8.37. The second-order valence-electron chi connectivity index (χ2n) is 11.8. The summed E-state index contributed by atoms with van der Waals surface area (Å²) in [5, 5.41) is 2.66. The molecule has 3 heterocycles. The molecule has 12 heteroatoms. The molecule has 2 saturated heterocycles. The van der Waals surface area contributed by atoms with Gasteiger partial charge >= 0.3 is 13.2 Å². The summed E-state index contributed by atoms with van der Waals surface area (Å²) in [4.78, 5) is 35.4. The number of H-pyrrole nitrogens is 1. The van der Waals surface area contributed by atoms with Crippen molar-refractivity contribution in [1.82, 2.24) is 20.2 Å². The Morgan fingerprint density at radius 1 is 1.07 bits per heavy atom. The number of benzene rings is 1. The standard InChI is InChI=1S/C28H41BN4O7/c1-17(2)22(32-25(35)36-7)24(34)33-16-28(37-8,38-9)14-21(33)23-30-15-20(31-23)18-10-12-19(13-11-18)29-39-26(3,4)27(5,6)40-29/h10-13,15,17,21-22H,14,16H2,1-9H3,(H,30,31)(H,32,35). The van der Waals surface area contributed by atoms with Crippen molar-refractivity contribution in [3.8, 4) is 11.3 Å². The Bertz CT molecular complexity index is 1190. The summed E-state index contributed by atoms with van der Waals surface area (Å²) in [6.45, 7) is 12.0. The van der Waals surface area contributed by atoms with Crippen LogP contribution in [0.1, 0.15) is 59.8 Å². The molecule has 2 atom stereocenters. The number of alkyl carbamates (subject to hydrolysis) is 1. The average molecular weight is 556 g/mol. The van der Waals surface area contributed by atoms with Gasteiger partial charge < -0.3 is 38.7 Å². The molecule has 1 aromatic heterocycles. The van der Waals surface area contributed by atoms with Crippen molar-refractivity contribution in [2.75, 3.05) is 27.9 Å². The zero-order valence-corrected chi connectivity index (χ0v) is 24.9. The van der Waals surface area contributed by atoms with Crippen LogP contribution in [-0.2, 0) is 28.3 Å². The van der Waals surface area contributed by atoms with Gasteiger partial charge in [-0.05, 0) is 44.6 Å². The lowest BCUT2D eigenvalue weighted by atomic mass is 9.79. The third-order valence-electron chi connectivity index (χ3n) is 8.37. The molecule has 2 aromatic rings. The summed E-state index contributed by atoms with van der Waals surface area (Å²) in [7, 11) is 3.92. The highest BCUT2D eigenvalue weighted by Gasteiger charge is 2.52. The molecule has 2 fully saturated rings. The fourth-order valence-electron chi connectivity index (χ4n) is 5.02. The van der Waals surface area contributed by atoms with Crippen LogP contribution in [0.4, 0.5) is 4.79 Å². The zero-order valence-electron chi connectivity index (χ0n) is 24.9. The van der Waals surface area contributed by atoms with Crippen LogP contribution in [0.25, 0.3) is 11.3 Å². The number of imidazole rings is 1. The van der Waals surface area contributed by atoms with Gasteiger partial charge in [0.1, 0.15) is 11.9 Å². The van der Waals surface area contributed by atoms with Gasteiger partial charge in [-0.1, -0.05) is 38.1 Å². The predicted octanol–water partition coefficient (Wildman–Crippen LogP) is 3.02. The second kappa shape index (κ2) is 11.2. The number of ether oxygens (including phenoxy) is 3. The number of carbonyl (C=O) groups is 2. The van der Waals surface area contributed by atoms with E-state index < -0.39 is 42.3 Å². The molecule has 1 aromatic carbocycles. The van der Waals surface area contributed by atoms with Gasteiger partial charge in [-0.15, -0.1) is 0 Å². The quantitative estimate of drug-likeness (QED) is 0.376. The Hall–Kier alpha value is -2.93. The molecule has 2 N–H and O–H groups in total. The lowest BCUT2D eigenvalue weighted by molar-refractivity contribution is -0.197. The second-order valence-corrected chi connectivity index (χ2v) is 11.8. The van der Waals surface area contributed by atoms with Crippen molar-refractivity contribution in [3.63, 3.8) is 0 Å². The highest BCUT2D eigenvalue weighted by Crippen LogP contribution is 2.40. The van der Waals surface area contributed by atoms with E-state index >= 15 is 0 Å². The number of hydrogen-bond donors (Lipinski definition) is 2. The van der Waals surface area contributed by atoms with Crippen LogP contribution in [0.3, 0.4) is 0 Å². The van der Waals surface area contributed by atoms with Crippen molar-refractivity contribution in [1.29, 1.82) is 0 Å². The first-order valence-electron chi connectivity index (χ1n) is 13.5. The van der Waals surface area contributed by atoms with E-state index in [2.05, 4.69) is 15.3 Å². The first-order valence-corrected chi connectivity index (χ1v) is 13.5. The molecule has 2 amide bonds. The number of likely N-dealkylation sites (tertiary alicyclic amines) is 1. The summed E-state index contributed by atoms with van der Waals surface area (Å²) >= 11 is 0. The molecule has 2 aliphatic heterocycles. The maximum absolute atomic E-state index is 13.8. The minimum Gasteiger partial charge on any atom is -0.453 e. The Labute approximate surface area is 236 Å². The Kier molecular flexibility index (Phi) is 8.38. The number of rotatable bonds is 8. The van der Waals surface area contributed by atoms with E-state index in [1.807, 2.05) is 65.8 Å². The van der Waals surface area contributed by atoms with Gasteiger partial charge in [0, 0.05) is 20.6 Å². The molecule has 4 rings (SSSR count). The van der Waals surface area contributed by atoms with E-state index in [1.54, 1.807) is 25.3 Å². The van der Waals surface area contributed by atoms with Gasteiger partial charge in [-0.3, -0.25) is 4.79 Å². The van der Waals surface area contributed by atoms with Gasteiger partial charge in [0.25, 0.3) is 0 Å². The minimum absolute atomic E-state index is 0.175. The summed E-state index contributed by atoms with van der Waals surface area (Å²) < 4.78 is 28.5. The monoisotopic (exact) mass is 556 g/mol. The number of nitrogens with zero attached hydrogens (tertiary/aromatic N) is 2. The first-order chi connectivity index (χ1) is 18.8. The first kappa shape index (κ1) is 30.0. The molecule has 0 saturated carbocycles. The fourth-order valence-corrected chi connectivity index (χ4v) is 5.02. The zero-order chi connectivity index (χ0) is 29.5. The summed E-state index contributed by atoms with van der Waals surface area (Å²) in [5.74, 6) is -0.868. The number of aromatic nitrogens is 2. The molecule has 0 radical (unpaired) electrons. The molecular weight excluding hydrogens is 515 g/mol. The van der Waals surface area contributed by atoms with E-state index in [1.165, 1.54) is 7.11 Å². The number of hydrogen-bond acceptors (Lipinski definition) is 8. The van der Waals surface area contributed by atoms with E-state index in [9.17, 15) is 9.59 Å². The molecule has 0 spiro atoms. The normalized spacial score (nSPS) is 22.0. The largest absolute Gasteiger partial charge is 0.494 e. The van der Waals surface area contributed by atoms with Gasteiger partial charge in [0.05, 0.1) is 42.8 Å². The molecule has 2 aliphatic rings. The van der Waals surface area contributed by atoms with E-state index in [0.717, 1.165) is 16.7 Å². The minimum atomic E-state index is -1.01. The smallest absolute Gasteiger partial charge is 0.453 e. The lowest BCUT2D eigenvalue weighted by Crippen LogP contribution is -2.52. The van der Waals surface area contributed by atoms with Crippen LogP contribution in [0, 0.1) is 5.92 Å². The number of aromatic amines is 1. The van der Waals surface area contributed by atoms with Crippen LogP contribution in [0.2, 0.25) is 0 Å². The lowest BCUT2D eigenvalue weighted by Gasteiger charge is -2.32. The van der Waals surface area contributed by atoms with Crippen LogP contribution in [-0.4, -0.2) is 84.9 Å². The number of nitrogens with one attached hydrogen (secondary N) is 2. The molecule has 2 unspecified atom stereocenters. The summed E-state index contributed by atoms with van der Waals surface area (Å²) in [6.07, 6.45) is 1.44. The van der Waals surface area contributed by atoms with Gasteiger partial charge in [0.15, 0.2) is 5.79 Å². The SMILES string of the molecule is COC(=O)NC(C(=O)N1CC(OC)(OC)CC1c1ncc(-c2ccc(B3OC(C)(C)C(C)(C)O3)cc2)[nH]1)C(C)C. The van der Waals surface area contributed by atoms with Gasteiger partial charge in [-0.25, -0.2) is 9.78 Å². The van der Waals surface area contributed by atoms with Crippen molar-refractivity contribution in [3.05, 3.63) is 36.3 Å². The van der Waals surface area contributed by atoms with E-state index in [-0.39, 0.29) is 18.4 Å². The van der Waals surface area contributed by atoms with Crippen molar-refractivity contribution >= 4 is 24.6 Å². The van der Waals surface area contributed by atoms with Crippen molar-refractivity contribution in [2.45, 2.75) is 77.0 Å². The predicted molar refractivity (Wildman–Crippen MR) is 150 cm³/mol. The molecule has 218 valence electrons. The van der Waals surface area contributed by atoms with Crippen molar-refractivity contribution in [2.24, 2.45) is 5.92 Å². The van der Waals surface area contributed by atoms with Gasteiger partial charge in [0.2, 0.25) is 5.91 Å². The van der Waals surface area contributed by atoms with E-state index in [4.69, 9.17) is 23.5 Å². The Morgan fingerprint density at radius 2 is 1.68 bits per heavy atom. The van der Waals surface area contributed by atoms with Crippen LogP contribution in [0.5, 0.6) is 0 Å². The summed E-state index contributed by atoms with van der Waals surface area (Å²) in [6, 6.07) is 6.67. The third kappa shape index (κ3) is 5.63. The molecule has 11 nitrogen and oxygen atoms in total. The molecular formula is C28H41BN4O7. The van der Waals surface area contributed by atoms with Gasteiger partial charge in [-0.2, -0.15) is 0 Å². The fraction of sp³-hybridized carbons (Fsp3) is 0.607. The Morgan fingerprint density at radius 3 is 2.20 bits per heavy atom. The maximum Gasteiger partial charge on any atom is 0.494 e. The van der Waals surface area contributed by atoms with Crippen LogP contribution < -0.4 is 10.8 Å². The van der Waals surface area contributed by atoms with Crippen LogP contribution in [0.15, 0.2) is 30.5 Å². The molecule has 0 bridgehead atoms. The van der Waals surface area contributed by atoms with Crippen molar-refractivity contribution < 1.29 is 33.1 Å².